The predicted molar refractivity (Wildman–Crippen MR) is 313 cm³/mol. The van der Waals surface area contributed by atoms with Gasteiger partial charge in [0.1, 0.15) is 0 Å². The number of hydrogen-bond acceptors (Lipinski definition) is 11. The van der Waals surface area contributed by atoms with Crippen molar-refractivity contribution < 1.29 is 71.6 Å². The molecule has 12 rings (SSSR count). The summed E-state index contributed by atoms with van der Waals surface area (Å²) in [7, 11) is -5.43. The molecule has 0 aliphatic carbocycles. The molecule has 19 heteroatoms. The normalized spacial score (nSPS) is 18.0. The van der Waals surface area contributed by atoms with Gasteiger partial charge in [0.2, 0.25) is 0 Å². The summed E-state index contributed by atoms with van der Waals surface area (Å²) in [5.74, 6) is 0. The maximum atomic E-state index is 8.49. The van der Waals surface area contributed by atoms with Crippen molar-refractivity contribution in [2.75, 3.05) is 23.9 Å². The Morgan fingerprint density at radius 2 is 0.843 bits per heavy atom. The van der Waals surface area contributed by atoms with E-state index in [-0.39, 0.29) is 39.8 Å². The van der Waals surface area contributed by atoms with Gasteiger partial charge < -0.3 is 0 Å². The molecule has 0 bridgehead atoms. The van der Waals surface area contributed by atoms with E-state index in [2.05, 4.69) is 285 Å². The van der Waals surface area contributed by atoms with E-state index >= 15 is 0 Å². The molecular weight excluding hydrogens is 1360 g/mol. The number of benzene rings is 8. The van der Waals surface area contributed by atoms with Gasteiger partial charge in [-0.2, -0.15) is 0 Å². The fourth-order valence-corrected chi connectivity index (χ4v) is 17.0. The van der Waals surface area contributed by atoms with Crippen LogP contribution in [0.5, 0.6) is 0 Å². The third kappa shape index (κ3) is 13.6. The summed E-state index contributed by atoms with van der Waals surface area (Å²) in [4.78, 5) is 4.82. The molecule has 2 atom stereocenters. The van der Waals surface area contributed by atoms with Gasteiger partial charge in [-0.1, -0.05) is 0 Å². The number of ether oxygens (including phenoxy) is 1. The van der Waals surface area contributed by atoms with E-state index in [1.807, 2.05) is 0 Å². The number of hydrogen-bond donors (Lipinski definition) is 0. The van der Waals surface area contributed by atoms with Crippen LogP contribution in [0.2, 0.25) is 0 Å². The zero-order chi connectivity index (χ0) is 58.8. The van der Waals surface area contributed by atoms with Crippen LogP contribution < -0.4 is 56.2 Å². The van der Waals surface area contributed by atoms with E-state index in [1.165, 1.54) is 95.3 Å². The third-order valence-corrected chi connectivity index (χ3v) is 20.8. The minimum Gasteiger partial charge on any atom is -0.222 e. The van der Waals surface area contributed by atoms with E-state index in [4.69, 9.17) is 42.0 Å². The van der Waals surface area contributed by atoms with E-state index in [0.717, 1.165) is 21.8 Å². The minimum absolute atomic E-state index is 0.122. The molecule has 8 aromatic carbocycles. The van der Waals surface area contributed by atoms with Gasteiger partial charge in [0.25, 0.3) is 0 Å². The topological polar surface area (TPSA) is 208 Å². The summed E-state index contributed by atoms with van der Waals surface area (Å²) in [5.41, 5.74) is 12.5. The van der Waals surface area contributed by atoms with Crippen molar-refractivity contribution >= 4 is 125 Å². The standard InChI is InChI=1S/C64H54Br2N4OSe2.2ClHO4/c1-63(39-43-17-7-5-8-18-43)57(67(3)53-35-31-45-29-33-47(65)37-49(45)61(53)63)25-15-27-59-69(51-21-11-13-23-55(51)72-59)41-71-42-70-52-22-12-14-24-56(52)73-60(70)28-16-26-58-64(2,40-44-19-9-6-10-20-44)62-50-38-48(66)34-30-46(50)32-36-54(62)68(58)4;2*2-1(3,4)5/h5-38H,39-42H2,1-4H3;2*(H,2,3,4,5)/q+2;;/p-2. The van der Waals surface area contributed by atoms with Gasteiger partial charge in [0, 0.05) is 0 Å². The Labute approximate surface area is 513 Å². The van der Waals surface area contributed by atoms with Crippen LogP contribution in [0.15, 0.2) is 215 Å². The maximum Gasteiger partial charge on any atom is -0.112 e. The van der Waals surface area contributed by atoms with Crippen molar-refractivity contribution in [3.63, 3.8) is 0 Å². The number of fused-ring (bicyclic) bond motifs is 8. The van der Waals surface area contributed by atoms with Crippen molar-refractivity contribution in [3.05, 3.63) is 246 Å². The van der Waals surface area contributed by atoms with Crippen molar-refractivity contribution in [1.82, 2.24) is 0 Å². The number of allylic oxidation sites excluding steroid dienone is 6. The molecule has 2 aliphatic heterocycles. The van der Waals surface area contributed by atoms with Crippen molar-refractivity contribution in [3.8, 4) is 0 Å². The van der Waals surface area contributed by atoms with Crippen LogP contribution in [-0.4, -0.2) is 43.1 Å². The molecule has 0 amide bonds. The van der Waals surface area contributed by atoms with Crippen LogP contribution in [0.1, 0.15) is 45.2 Å². The van der Waals surface area contributed by atoms with Crippen molar-refractivity contribution in [2.24, 2.45) is 0 Å². The van der Waals surface area contributed by atoms with Crippen LogP contribution in [-0.2, 0) is 41.9 Å². The van der Waals surface area contributed by atoms with Crippen LogP contribution in [0.4, 0.5) is 11.4 Å². The first-order valence-corrected chi connectivity index (χ1v) is 33.5. The number of anilines is 2. The molecule has 83 heavy (non-hydrogen) atoms. The molecule has 0 N–H and O–H groups in total. The second-order valence-corrected chi connectivity index (χ2v) is 28.3. The first-order valence-electron chi connectivity index (χ1n) is 26.0. The van der Waals surface area contributed by atoms with Crippen LogP contribution >= 0.6 is 31.9 Å². The second kappa shape index (κ2) is 25.2. The molecule has 13 nitrogen and oxygen atoms in total. The molecule has 0 saturated heterocycles. The summed E-state index contributed by atoms with van der Waals surface area (Å²) >= 11 is 7.85. The number of likely N-dealkylation sites (N-methyl/N-ethyl adjacent to an activating group) is 2. The van der Waals surface area contributed by atoms with Gasteiger partial charge in [-0.3, -0.25) is 0 Å². The quantitative estimate of drug-likeness (QED) is 0.121. The molecular formula is C64H54Br2Cl2N4O9Se2. The average Bonchev–Trinajstić information content (AvgIpc) is 1.96. The molecule has 2 aromatic heterocycles. The Morgan fingerprint density at radius 1 is 0.494 bits per heavy atom. The first-order chi connectivity index (χ1) is 39.6. The molecule has 10 aromatic rings. The smallest absolute Gasteiger partial charge is 0.112 e. The van der Waals surface area contributed by atoms with Crippen LogP contribution in [0, 0.1) is 20.5 Å². The second-order valence-electron chi connectivity index (χ2n) is 20.5. The number of rotatable bonds is 12. The summed E-state index contributed by atoms with van der Waals surface area (Å²) in [6, 6.07) is 62.0. The van der Waals surface area contributed by atoms with Gasteiger partial charge >= 0.3 is 460 Å². The average molecular weight is 1410 g/mol. The van der Waals surface area contributed by atoms with E-state index in [0.29, 0.717) is 13.5 Å². The molecule has 2 unspecified atom stereocenters. The van der Waals surface area contributed by atoms with Gasteiger partial charge in [0.05, 0.1) is 0 Å². The molecule has 0 spiro atoms. The first kappa shape index (κ1) is 60.5. The Kier molecular flexibility index (Phi) is 18.3. The van der Waals surface area contributed by atoms with Crippen LogP contribution in [0.25, 0.3) is 53.3 Å². The Balaban J connectivity index is 0.000000711. The maximum absolute atomic E-state index is 8.49. The summed E-state index contributed by atoms with van der Waals surface area (Å²) < 4.78 is 87.1. The Hall–Kier alpha value is -5.60. The minimum atomic E-state index is -4.94. The van der Waals surface area contributed by atoms with Gasteiger partial charge in [0.15, 0.2) is 0 Å². The van der Waals surface area contributed by atoms with Crippen molar-refractivity contribution in [2.45, 2.75) is 51.0 Å². The molecule has 0 radical (unpaired) electrons. The summed E-state index contributed by atoms with van der Waals surface area (Å²) in [5, 5.41) is 5.11. The number of halogens is 4. The van der Waals surface area contributed by atoms with E-state index in [1.54, 1.807) is 0 Å². The summed E-state index contributed by atoms with van der Waals surface area (Å²) in [6.07, 6.45) is 15.7. The molecule has 2 aliphatic rings. The zero-order valence-electron chi connectivity index (χ0n) is 45.2. The fourth-order valence-electron chi connectivity index (χ4n) is 11.8. The van der Waals surface area contributed by atoms with Gasteiger partial charge in [-0.25, -0.2) is 37.3 Å². The number of nitrogens with zero attached hydrogens (tertiary/aromatic N) is 4. The van der Waals surface area contributed by atoms with E-state index < -0.39 is 20.5 Å². The molecule has 0 saturated carbocycles. The predicted octanol–water partition coefficient (Wildman–Crippen LogP) is 4.73. The monoisotopic (exact) mass is 1410 g/mol. The van der Waals surface area contributed by atoms with E-state index in [9.17, 15) is 0 Å². The van der Waals surface area contributed by atoms with Crippen LogP contribution in [0.3, 0.4) is 0 Å². The number of para-hydroxylation sites is 2. The number of aromatic nitrogens is 2. The third-order valence-electron chi connectivity index (χ3n) is 15.1. The molecule has 0 fully saturated rings. The zero-order valence-corrected chi connectivity index (χ0v) is 53.4. The summed E-state index contributed by atoms with van der Waals surface area (Å²) in [6.45, 7) is 5.75. The SMILES string of the molecule is CN1C(=CC=Cc2[se]c3ccccc3[n+]2COC[n+]2c(C=CC=C3N(C)c4ccc5ccc(Br)cc5c4C3(C)Cc3ccccc3)[se]c3ccccc32)C(C)(Cc2ccccc2)c2c1ccc1ccc(Br)cc21.[O-][Cl+3]([O-])([O-])[O-].[O-][Cl+3]([O-])([O-])[O-]. The molecule has 424 valence electrons. The van der Waals surface area contributed by atoms with Gasteiger partial charge in [-0.05, 0) is 0 Å². The molecule has 4 heterocycles. The van der Waals surface area contributed by atoms with Crippen molar-refractivity contribution in [1.29, 1.82) is 0 Å². The largest absolute Gasteiger partial charge is 0.222 e. The Morgan fingerprint density at radius 3 is 1.23 bits per heavy atom. The Bertz CT molecular complexity index is 3870. The van der Waals surface area contributed by atoms with Gasteiger partial charge in [-0.15, -0.1) is 20.5 Å². The fraction of sp³-hybridized carbons (Fsp3) is 0.156.